The van der Waals surface area contributed by atoms with Crippen molar-refractivity contribution >= 4 is 23.4 Å². The number of nitrogens with zero attached hydrogens (tertiary/aromatic N) is 4. The molecule has 2 aromatic carbocycles. The third kappa shape index (κ3) is 6.73. The molecule has 4 rings (SSSR count). The Morgan fingerprint density at radius 2 is 1.77 bits per heavy atom. The van der Waals surface area contributed by atoms with Crippen LogP contribution in [0.1, 0.15) is 39.5 Å². The van der Waals surface area contributed by atoms with E-state index in [0.717, 1.165) is 22.6 Å². The van der Waals surface area contributed by atoms with Crippen LogP contribution in [0, 0.1) is 12.7 Å². The fraction of sp³-hybridized carbons (Fsp3) is 0.464. The molecule has 2 aromatic rings. The summed E-state index contributed by atoms with van der Waals surface area (Å²) < 4.78 is 39.7. The van der Waals surface area contributed by atoms with Gasteiger partial charge in [0.15, 0.2) is 0 Å². The second-order valence-corrected chi connectivity index (χ2v) is 10.1. The highest BCUT2D eigenvalue weighted by molar-refractivity contribution is 6.00. The van der Waals surface area contributed by atoms with Gasteiger partial charge in [0.05, 0.1) is 19.6 Å². The van der Waals surface area contributed by atoms with Gasteiger partial charge < -0.3 is 20.4 Å². The summed E-state index contributed by atoms with van der Waals surface area (Å²) in [6.45, 7) is 5.43. The minimum Gasteiger partial charge on any atom is -0.353 e. The minimum atomic E-state index is -2.65. The van der Waals surface area contributed by atoms with Crippen LogP contribution in [0.2, 0.25) is 0 Å². The first kappa shape index (κ1) is 29.3. The lowest BCUT2D eigenvalue weighted by atomic mass is 10.0. The van der Waals surface area contributed by atoms with E-state index < -0.39 is 18.9 Å². The molecule has 2 aliphatic rings. The molecule has 2 heterocycles. The second kappa shape index (κ2) is 12.7. The average Bonchev–Trinajstić information content (AvgIpc) is 3.45. The van der Waals surface area contributed by atoms with Crippen LogP contribution < -0.4 is 15.5 Å². The summed E-state index contributed by atoms with van der Waals surface area (Å²) in [4.78, 5) is 41.9. The molecule has 3 amide bonds. The molecule has 0 aromatic heterocycles. The molecule has 40 heavy (non-hydrogen) atoms. The SMILES string of the molecule is CCNCCNC(=O)CN(CC(=O)N(C)N1Cc2ccc(F)cc2C1)c1cc2c(cc1C)CN(CC(F)F)C2=O. The van der Waals surface area contributed by atoms with E-state index in [9.17, 15) is 27.6 Å². The second-order valence-electron chi connectivity index (χ2n) is 10.1. The average molecular weight is 561 g/mol. The van der Waals surface area contributed by atoms with Gasteiger partial charge in [0.25, 0.3) is 18.2 Å². The Kier molecular flexibility index (Phi) is 9.31. The molecule has 2 N–H and O–H groups in total. The van der Waals surface area contributed by atoms with Crippen molar-refractivity contribution in [3.8, 4) is 0 Å². The van der Waals surface area contributed by atoms with Gasteiger partial charge in [0, 0.05) is 51.0 Å². The Labute approximate surface area is 231 Å². The monoisotopic (exact) mass is 560 g/mol. The van der Waals surface area contributed by atoms with Gasteiger partial charge in [-0.2, -0.15) is 0 Å². The predicted molar refractivity (Wildman–Crippen MR) is 144 cm³/mol. The summed E-state index contributed by atoms with van der Waals surface area (Å²) in [5.74, 6) is -1.45. The zero-order valence-electron chi connectivity index (χ0n) is 23.0. The number of hydrogen-bond acceptors (Lipinski definition) is 6. The summed E-state index contributed by atoms with van der Waals surface area (Å²) in [5.41, 5.74) is 3.87. The van der Waals surface area contributed by atoms with Crippen LogP contribution in [-0.2, 0) is 29.2 Å². The zero-order chi connectivity index (χ0) is 29.0. The molecule has 0 bridgehead atoms. The lowest BCUT2D eigenvalue weighted by Crippen LogP contribution is -2.48. The number of amides is 3. The predicted octanol–water partition coefficient (Wildman–Crippen LogP) is 2.28. The van der Waals surface area contributed by atoms with Gasteiger partial charge in [-0.1, -0.05) is 19.1 Å². The third-order valence-electron chi connectivity index (χ3n) is 7.19. The van der Waals surface area contributed by atoms with Crippen molar-refractivity contribution in [3.05, 3.63) is 64.0 Å². The molecule has 0 saturated heterocycles. The van der Waals surface area contributed by atoms with Crippen molar-refractivity contribution in [2.45, 2.75) is 39.9 Å². The van der Waals surface area contributed by atoms with Crippen LogP contribution >= 0.6 is 0 Å². The maximum Gasteiger partial charge on any atom is 0.256 e. The highest BCUT2D eigenvalue weighted by Crippen LogP contribution is 2.31. The van der Waals surface area contributed by atoms with Gasteiger partial charge in [0.2, 0.25) is 5.91 Å². The smallest absolute Gasteiger partial charge is 0.256 e. The Balaban J connectivity index is 1.54. The lowest BCUT2D eigenvalue weighted by Gasteiger charge is -2.32. The van der Waals surface area contributed by atoms with Gasteiger partial charge >= 0.3 is 0 Å². The van der Waals surface area contributed by atoms with E-state index in [1.807, 2.05) is 6.92 Å². The number of carbonyl (C=O) groups is 3. The summed E-state index contributed by atoms with van der Waals surface area (Å²) in [7, 11) is 1.63. The molecule has 0 fully saturated rings. The highest BCUT2D eigenvalue weighted by Gasteiger charge is 2.32. The van der Waals surface area contributed by atoms with Gasteiger partial charge in [-0.05, 0) is 53.9 Å². The fourth-order valence-electron chi connectivity index (χ4n) is 5.09. The van der Waals surface area contributed by atoms with Crippen molar-refractivity contribution in [2.75, 3.05) is 51.2 Å². The quantitative estimate of drug-likeness (QED) is 0.388. The molecule has 0 unspecified atom stereocenters. The first-order chi connectivity index (χ1) is 19.1. The van der Waals surface area contributed by atoms with E-state index in [1.54, 1.807) is 42.1 Å². The number of fused-ring (bicyclic) bond motifs is 2. The molecule has 0 atom stereocenters. The molecule has 0 aliphatic carbocycles. The molecule has 0 spiro atoms. The van der Waals surface area contributed by atoms with Gasteiger partial charge in [-0.3, -0.25) is 19.4 Å². The van der Waals surface area contributed by atoms with E-state index in [-0.39, 0.29) is 42.8 Å². The lowest BCUT2D eigenvalue weighted by molar-refractivity contribution is -0.145. The normalized spacial score (nSPS) is 14.5. The van der Waals surface area contributed by atoms with Crippen LogP contribution in [-0.4, -0.2) is 85.4 Å². The molecule has 2 aliphatic heterocycles. The summed E-state index contributed by atoms with van der Waals surface area (Å²) in [6.07, 6.45) is -2.65. The number of benzene rings is 2. The highest BCUT2D eigenvalue weighted by atomic mass is 19.3. The van der Waals surface area contributed by atoms with Gasteiger partial charge in [-0.15, -0.1) is 0 Å². The van der Waals surface area contributed by atoms with Crippen molar-refractivity contribution in [1.82, 2.24) is 25.6 Å². The first-order valence-corrected chi connectivity index (χ1v) is 13.3. The Bertz CT molecular complexity index is 1270. The van der Waals surface area contributed by atoms with E-state index in [1.165, 1.54) is 17.1 Å². The van der Waals surface area contributed by atoms with Crippen molar-refractivity contribution in [2.24, 2.45) is 0 Å². The Morgan fingerprint density at radius 1 is 1.02 bits per heavy atom. The van der Waals surface area contributed by atoms with Crippen molar-refractivity contribution in [1.29, 1.82) is 0 Å². The number of hydrogen-bond donors (Lipinski definition) is 2. The van der Waals surface area contributed by atoms with E-state index in [0.29, 0.717) is 43.0 Å². The Hall–Kier alpha value is -3.64. The van der Waals surface area contributed by atoms with Gasteiger partial charge in [0.1, 0.15) is 5.82 Å². The first-order valence-electron chi connectivity index (χ1n) is 13.3. The summed E-state index contributed by atoms with van der Waals surface area (Å²) in [6, 6.07) is 7.90. The van der Waals surface area contributed by atoms with Crippen molar-refractivity contribution < 1.29 is 27.6 Å². The standard InChI is InChI=1S/C28H35F3N6O3/c1-4-32-7-8-33-26(38)16-35(17-27(39)34(3)37-13-19-5-6-22(29)10-20(19)14-37)24-11-23-21(9-18(24)2)12-36(28(23)40)15-25(30)31/h5-6,9-11,25,32H,4,7-8,12-17H2,1-3H3,(H,33,38). The van der Waals surface area contributed by atoms with Crippen LogP contribution in [0.15, 0.2) is 30.3 Å². The van der Waals surface area contributed by atoms with Crippen LogP contribution in [0.5, 0.6) is 0 Å². The number of nitrogens with one attached hydrogen (secondary N) is 2. The summed E-state index contributed by atoms with van der Waals surface area (Å²) in [5, 5.41) is 9.21. The van der Waals surface area contributed by atoms with Crippen LogP contribution in [0.25, 0.3) is 0 Å². The van der Waals surface area contributed by atoms with E-state index in [2.05, 4.69) is 10.6 Å². The number of likely N-dealkylation sites (N-methyl/N-ethyl adjacent to an activating group) is 2. The molecule has 12 heteroatoms. The summed E-state index contributed by atoms with van der Waals surface area (Å²) >= 11 is 0. The molecule has 9 nitrogen and oxygen atoms in total. The number of aryl methyl sites for hydroxylation is 1. The van der Waals surface area contributed by atoms with Crippen molar-refractivity contribution in [3.63, 3.8) is 0 Å². The number of hydrazine groups is 1. The molecule has 0 radical (unpaired) electrons. The van der Waals surface area contributed by atoms with Gasteiger partial charge in [-0.25, -0.2) is 18.2 Å². The molecular formula is C28H35F3N6O3. The Morgan fingerprint density at radius 3 is 2.50 bits per heavy atom. The maximum absolute atomic E-state index is 13.7. The number of alkyl halides is 2. The third-order valence-corrected chi connectivity index (χ3v) is 7.19. The molecular weight excluding hydrogens is 525 g/mol. The van der Waals surface area contributed by atoms with Crippen LogP contribution in [0.3, 0.4) is 0 Å². The largest absolute Gasteiger partial charge is 0.353 e. The molecule has 216 valence electrons. The minimum absolute atomic E-state index is 0.0856. The molecule has 0 saturated carbocycles. The van der Waals surface area contributed by atoms with Crippen LogP contribution in [0.4, 0.5) is 18.9 Å². The number of carbonyl (C=O) groups excluding carboxylic acids is 3. The topological polar surface area (TPSA) is 88.2 Å². The number of rotatable bonds is 12. The number of anilines is 1. The van der Waals surface area contributed by atoms with E-state index >= 15 is 0 Å². The van der Waals surface area contributed by atoms with E-state index in [4.69, 9.17) is 0 Å². The maximum atomic E-state index is 13.7. The number of halogens is 3. The fourth-order valence-corrected chi connectivity index (χ4v) is 5.09. The zero-order valence-corrected chi connectivity index (χ0v) is 23.0.